The van der Waals surface area contributed by atoms with Crippen LogP contribution in [-0.4, -0.2) is 23.9 Å². The molecule has 6 heteroatoms. The van der Waals surface area contributed by atoms with Crippen LogP contribution >= 0.6 is 0 Å². The molecule has 0 radical (unpaired) electrons. The second kappa shape index (κ2) is 5.96. The second-order valence-electron chi connectivity index (χ2n) is 3.30. The lowest BCUT2D eigenvalue weighted by molar-refractivity contribution is -0.153. The maximum atomic E-state index is 11.9. The molecule has 0 fully saturated rings. The van der Waals surface area contributed by atoms with Crippen molar-refractivity contribution in [2.75, 3.05) is 6.61 Å². The van der Waals surface area contributed by atoms with Gasteiger partial charge in [0.1, 0.15) is 12.2 Å². The van der Waals surface area contributed by atoms with Crippen LogP contribution in [0.15, 0.2) is 24.3 Å². The van der Waals surface area contributed by atoms with Crippen molar-refractivity contribution in [1.29, 1.82) is 0 Å². The fourth-order valence-electron chi connectivity index (χ4n) is 1.02. The van der Waals surface area contributed by atoms with E-state index in [1.165, 1.54) is 24.3 Å². The quantitative estimate of drug-likeness (QED) is 0.847. The fraction of sp³-hybridized carbons (Fsp3) is 0.250. The molecule has 0 saturated carbocycles. The Kier molecular flexibility index (Phi) is 4.60. The predicted molar refractivity (Wildman–Crippen MR) is 57.1 cm³/mol. The smallest absolute Gasteiger partial charge is 0.422 e. The van der Waals surface area contributed by atoms with Gasteiger partial charge in [0, 0.05) is 5.56 Å². The van der Waals surface area contributed by atoms with Crippen molar-refractivity contribution in [2.45, 2.75) is 12.6 Å². The van der Waals surface area contributed by atoms with E-state index in [1.54, 1.807) is 0 Å². The summed E-state index contributed by atoms with van der Waals surface area (Å²) in [4.78, 5) is 10.2. The van der Waals surface area contributed by atoms with Crippen LogP contribution < -0.4 is 4.74 Å². The third kappa shape index (κ3) is 5.80. The molecule has 1 rings (SSSR count). The Morgan fingerprint density at radius 3 is 2.39 bits per heavy atom. The third-order valence-corrected chi connectivity index (χ3v) is 1.73. The van der Waals surface area contributed by atoms with E-state index in [-0.39, 0.29) is 12.2 Å². The molecular formula is C12H9F3O3. The van der Waals surface area contributed by atoms with Gasteiger partial charge in [-0.05, 0) is 24.3 Å². The van der Waals surface area contributed by atoms with Crippen LogP contribution in [-0.2, 0) is 4.79 Å². The largest absolute Gasteiger partial charge is 0.484 e. The van der Waals surface area contributed by atoms with Gasteiger partial charge in [-0.2, -0.15) is 13.2 Å². The van der Waals surface area contributed by atoms with Gasteiger partial charge >= 0.3 is 12.1 Å². The number of hydrogen-bond acceptors (Lipinski definition) is 2. The maximum absolute atomic E-state index is 11.9. The summed E-state index contributed by atoms with van der Waals surface area (Å²) >= 11 is 0. The van der Waals surface area contributed by atoms with Gasteiger partial charge in [0.15, 0.2) is 6.61 Å². The van der Waals surface area contributed by atoms with Crippen LogP contribution in [0.25, 0.3) is 0 Å². The van der Waals surface area contributed by atoms with E-state index in [0.717, 1.165) is 0 Å². The van der Waals surface area contributed by atoms with Crippen molar-refractivity contribution in [3.63, 3.8) is 0 Å². The van der Waals surface area contributed by atoms with Gasteiger partial charge in [0.05, 0.1) is 0 Å². The molecule has 0 aliphatic heterocycles. The fourth-order valence-corrected chi connectivity index (χ4v) is 1.02. The van der Waals surface area contributed by atoms with E-state index in [0.29, 0.717) is 5.56 Å². The molecule has 0 aromatic heterocycles. The molecule has 0 aliphatic rings. The van der Waals surface area contributed by atoms with Gasteiger partial charge in [0.25, 0.3) is 0 Å². The van der Waals surface area contributed by atoms with Gasteiger partial charge in [-0.25, -0.2) is 0 Å². The molecule has 1 aromatic rings. The lowest BCUT2D eigenvalue weighted by Gasteiger charge is -2.08. The zero-order valence-corrected chi connectivity index (χ0v) is 9.12. The number of ether oxygens (including phenoxy) is 1. The molecule has 0 saturated heterocycles. The lowest BCUT2D eigenvalue weighted by atomic mass is 10.2. The summed E-state index contributed by atoms with van der Waals surface area (Å²) in [5.41, 5.74) is 0.510. The minimum atomic E-state index is -4.38. The number of aliphatic carboxylic acids is 1. The number of benzene rings is 1. The summed E-state index contributed by atoms with van der Waals surface area (Å²) in [7, 11) is 0. The van der Waals surface area contributed by atoms with E-state index in [4.69, 9.17) is 5.11 Å². The molecule has 0 unspecified atom stereocenters. The second-order valence-corrected chi connectivity index (χ2v) is 3.30. The number of alkyl halides is 3. The van der Waals surface area contributed by atoms with Crippen LogP contribution in [0.5, 0.6) is 5.75 Å². The molecule has 3 nitrogen and oxygen atoms in total. The summed E-state index contributed by atoms with van der Waals surface area (Å²) in [6.07, 6.45) is -4.66. The molecule has 0 atom stereocenters. The van der Waals surface area contributed by atoms with Crippen LogP contribution in [0.3, 0.4) is 0 Å². The predicted octanol–water partition coefficient (Wildman–Crippen LogP) is 2.45. The highest BCUT2D eigenvalue weighted by Crippen LogP contribution is 2.18. The molecule has 0 bridgehead atoms. The molecule has 1 aromatic carbocycles. The first-order valence-electron chi connectivity index (χ1n) is 4.87. The Morgan fingerprint density at radius 2 is 1.89 bits per heavy atom. The SMILES string of the molecule is O=C(O)CC#Cc1ccc(OCC(F)(F)F)cc1. The Labute approximate surface area is 101 Å². The minimum absolute atomic E-state index is 0.0797. The molecule has 0 amide bonds. The van der Waals surface area contributed by atoms with Crippen molar-refractivity contribution < 1.29 is 27.8 Å². The number of carboxylic acid groups (broad SMARTS) is 1. The lowest BCUT2D eigenvalue weighted by Crippen LogP contribution is -2.19. The molecule has 0 spiro atoms. The van der Waals surface area contributed by atoms with Crippen LogP contribution in [0.1, 0.15) is 12.0 Å². The summed E-state index contributed by atoms with van der Waals surface area (Å²) in [6.45, 7) is -1.35. The van der Waals surface area contributed by atoms with E-state index in [1.807, 2.05) is 0 Å². The van der Waals surface area contributed by atoms with E-state index < -0.39 is 18.8 Å². The topological polar surface area (TPSA) is 46.5 Å². The Balaban J connectivity index is 2.57. The van der Waals surface area contributed by atoms with Gasteiger partial charge in [-0.15, -0.1) is 0 Å². The molecule has 0 heterocycles. The van der Waals surface area contributed by atoms with Gasteiger partial charge < -0.3 is 9.84 Å². The van der Waals surface area contributed by atoms with Crippen LogP contribution in [0.2, 0.25) is 0 Å². The zero-order valence-electron chi connectivity index (χ0n) is 9.12. The maximum Gasteiger partial charge on any atom is 0.422 e. The Bertz CT molecular complexity index is 466. The van der Waals surface area contributed by atoms with Gasteiger partial charge in [-0.1, -0.05) is 11.8 Å². The van der Waals surface area contributed by atoms with Crippen LogP contribution in [0, 0.1) is 11.8 Å². The van der Waals surface area contributed by atoms with E-state index in [9.17, 15) is 18.0 Å². The van der Waals surface area contributed by atoms with Gasteiger partial charge in [0.2, 0.25) is 0 Å². The monoisotopic (exact) mass is 258 g/mol. The first kappa shape index (κ1) is 13.9. The van der Waals surface area contributed by atoms with Crippen molar-refractivity contribution in [1.82, 2.24) is 0 Å². The average Bonchev–Trinajstić information content (AvgIpc) is 2.26. The Morgan fingerprint density at radius 1 is 1.28 bits per heavy atom. The summed E-state index contributed by atoms with van der Waals surface area (Å²) in [5.74, 6) is 4.02. The van der Waals surface area contributed by atoms with Crippen molar-refractivity contribution >= 4 is 5.97 Å². The molecule has 0 aliphatic carbocycles. The summed E-state index contributed by atoms with van der Waals surface area (Å²) < 4.78 is 40.1. The number of carboxylic acids is 1. The minimum Gasteiger partial charge on any atom is -0.484 e. The molecular weight excluding hydrogens is 249 g/mol. The zero-order chi connectivity index (χ0) is 13.6. The third-order valence-electron chi connectivity index (χ3n) is 1.73. The van der Waals surface area contributed by atoms with Crippen molar-refractivity contribution in [3.05, 3.63) is 29.8 Å². The highest BCUT2D eigenvalue weighted by molar-refractivity contribution is 5.70. The standard InChI is InChI=1S/C12H9F3O3/c13-12(14,15)8-18-10-6-4-9(5-7-10)2-1-3-11(16)17/h4-7H,3,8H2,(H,16,17). The molecule has 96 valence electrons. The number of halogens is 3. The summed E-state index contributed by atoms with van der Waals surface area (Å²) in [6, 6.07) is 5.61. The van der Waals surface area contributed by atoms with Crippen molar-refractivity contribution in [3.8, 4) is 17.6 Å². The normalized spacial score (nSPS) is 10.4. The summed E-state index contributed by atoms with van der Waals surface area (Å²) in [5, 5.41) is 8.35. The number of carbonyl (C=O) groups is 1. The van der Waals surface area contributed by atoms with Gasteiger partial charge in [-0.3, -0.25) is 4.79 Å². The Hall–Kier alpha value is -2.16. The van der Waals surface area contributed by atoms with Crippen LogP contribution in [0.4, 0.5) is 13.2 Å². The first-order valence-corrected chi connectivity index (χ1v) is 4.87. The highest BCUT2D eigenvalue weighted by atomic mass is 19.4. The molecule has 18 heavy (non-hydrogen) atoms. The van der Waals surface area contributed by atoms with E-state index in [2.05, 4.69) is 16.6 Å². The molecule has 1 N–H and O–H groups in total. The number of hydrogen-bond donors (Lipinski definition) is 1. The number of rotatable bonds is 3. The highest BCUT2D eigenvalue weighted by Gasteiger charge is 2.28. The van der Waals surface area contributed by atoms with Crippen molar-refractivity contribution in [2.24, 2.45) is 0 Å². The average molecular weight is 258 g/mol. The van der Waals surface area contributed by atoms with E-state index >= 15 is 0 Å². The first-order chi connectivity index (χ1) is 8.37.